The van der Waals surface area contributed by atoms with Gasteiger partial charge in [0.25, 0.3) is 5.91 Å². The van der Waals surface area contributed by atoms with Crippen molar-refractivity contribution in [3.05, 3.63) is 57.6 Å². The molecule has 2 N–H and O–H groups in total. The molecule has 5 heteroatoms. The summed E-state index contributed by atoms with van der Waals surface area (Å²) in [5, 5.41) is 4.15. The van der Waals surface area contributed by atoms with E-state index in [4.69, 9.17) is 11.6 Å². The fraction of sp³-hybridized carbons (Fsp3) is 0.235. The zero-order chi connectivity index (χ0) is 15.3. The Morgan fingerprint density at radius 3 is 2.95 bits per heavy atom. The van der Waals surface area contributed by atoms with Gasteiger partial charge < -0.3 is 10.3 Å². The fourth-order valence-corrected chi connectivity index (χ4v) is 4.36. The molecule has 1 aliphatic rings. The molecule has 0 aliphatic heterocycles. The molecule has 0 spiro atoms. The molecule has 0 fully saturated rings. The van der Waals surface area contributed by atoms with Crippen molar-refractivity contribution in [2.24, 2.45) is 0 Å². The minimum Gasteiger partial charge on any atom is -0.347 e. The molecule has 1 aliphatic carbocycles. The monoisotopic (exact) mass is 330 g/mol. The summed E-state index contributed by atoms with van der Waals surface area (Å²) in [5.41, 5.74) is 3.27. The molecule has 0 radical (unpaired) electrons. The van der Waals surface area contributed by atoms with Gasteiger partial charge in [-0.15, -0.1) is 11.3 Å². The third-order valence-electron chi connectivity index (χ3n) is 4.43. The van der Waals surface area contributed by atoms with Crippen molar-refractivity contribution in [1.29, 1.82) is 0 Å². The Hall–Kier alpha value is -1.78. The quantitative estimate of drug-likeness (QED) is 0.721. The van der Waals surface area contributed by atoms with Crippen LogP contribution in [-0.4, -0.2) is 16.9 Å². The van der Waals surface area contributed by atoms with E-state index in [1.165, 1.54) is 22.5 Å². The normalized spacial score (nSPS) is 20.3. The van der Waals surface area contributed by atoms with Crippen LogP contribution in [0.3, 0.4) is 0 Å². The fourth-order valence-electron chi connectivity index (χ4n) is 3.23. The standard InChI is InChI=1S/C17H15ClN2OS/c1-9-12-5-3-2-4-10(12)6-13(9)19-16(21)14-7-11-8-15(18)22-17(11)20-14/h2-5,7-9,13,20H,6H2,1H3,(H,19,21)/t9-,13-/m1/s1. The molecule has 4 rings (SSSR count). The summed E-state index contributed by atoms with van der Waals surface area (Å²) in [6.45, 7) is 2.17. The van der Waals surface area contributed by atoms with Gasteiger partial charge in [-0.05, 0) is 29.7 Å². The number of nitrogens with one attached hydrogen (secondary N) is 2. The van der Waals surface area contributed by atoms with Crippen LogP contribution in [0.4, 0.5) is 0 Å². The molecule has 2 heterocycles. The van der Waals surface area contributed by atoms with Crippen molar-refractivity contribution in [2.45, 2.75) is 25.3 Å². The van der Waals surface area contributed by atoms with E-state index in [0.717, 1.165) is 21.0 Å². The summed E-state index contributed by atoms with van der Waals surface area (Å²) < 4.78 is 0.730. The number of aromatic amines is 1. The Bertz CT molecular complexity index is 835. The number of rotatable bonds is 2. The van der Waals surface area contributed by atoms with Crippen LogP contribution in [-0.2, 0) is 6.42 Å². The van der Waals surface area contributed by atoms with Gasteiger partial charge in [0.15, 0.2) is 0 Å². The number of halogens is 1. The highest BCUT2D eigenvalue weighted by atomic mass is 35.5. The number of carbonyl (C=O) groups is 1. The highest BCUT2D eigenvalue weighted by molar-refractivity contribution is 7.22. The summed E-state index contributed by atoms with van der Waals surface area (Å²) in [5.74, 6) is 0.287. The highest BCUT2D eigenvalue weighted by Crippen LogP contribution is 2.33. The van der Waals surface area contributed by atoms with Crippen LogP contribution in [0, 0.1) is 0 Å². The highest BCUT2D eigenvalue weighted by Gasteiger charge is 2.30. The van der Waals surface area contributed by atoms with Gasteiger partial charge in [-0.3, -0.25) is 4.79 Å². The Morgan fingerprint density at radius 2 is 2.18 bits per heavy atom. The number of hydrogen-bond donors (Lipinski definition) is 2. The number of thiophene rings is 1. The Labute approximate surface area is 137 Å². The zero-order valence-corrected chi connectivity index (χ0v) is 13.6. The molecule has 1 aromatic carbocycles. The summed E-state index contributed by atoms with van der Waals surface area (Å²) in [6, 6.07) is 12.3. The lowest BCUT2D eigenvalue weighted by molar-refractivity contribution is 0.0930. The molecule has 0 saturated heterocycles. The van der Waals surface area contributed by atoms with Crippen LogP contribution in [0.2, 0.25) is 4.34 Å². The van der Waals surface area contributed by atoms with Crippen LogP contribution in [0.5, 0.6) is 0 Å². The Balaban J connectivity index is 1.54. The summed E-state index contributed by atoms with van der Waals surface area (Å²) in [6.07, 6.45) is 0.893. The zero-order valence-electron chi connectivity index (χ0n) is 12.0. The molecule has 22 heavy (non-hydrogen) atoms. The summed E-state index contributed by atoms with van der Waals surface area (Å²) in [4.78, 5) is 16.6. The van der Waals surface area contributed by atoms with Gasteiger partial charge in [-0.1, -0.05) is 42.8 Å². The van der Waals surface area contributed by atoms with Crippen molar-refractivity contribution >= 4 is 39.1 Å². The molecule has 0 unspecified atom stereocenters. The minimum absolute atomic E-state index is 0.0517. The lowest BCUT2D eigenvalue weighted by Gasteiger charge is -2.17. The summed E-state index contributed by atoms with van der Waals surface area (Å²) in [7, 11) is 0. The first-order valence-corrected chi connectivity index (χ1v) is 8.48. The van der Waals surface area contributed by atoms with Crippen LogP contribution < -0.4 is 5.32 Å². The van der Waals surface area contributed by atoms with Crippen molar-refractivity contribution in [1.82, 2.24) is 10.3 Å². The number of benzene rings is 1. The van der Waals surface area contributed by atoms with E-state index < -0.39 is 0 Å². The maximum Gasteiger partial charge on any atom is 0.267 e. The van der Waals surface area contributed by atoms with E-state index in [9.17, 15) is 4.79 Å². The predicted molar refractivity (Wildman–Crippen MR) is 91.0 cm³/mol. The first kappa shape index (κ1) is 13.9. The van der Waals surface area contributed by atoms with E-state index in [1.807, 2.05) is 12.1 Å². The van der Waals surface area contributed by atoms with Crippen LogP contribution in [0.15, 0.2) is 36.4 Å². The molecule has 2 aromatic heterocycles. The van der Waals surface area contributed by atoms with E-state index in [0.29, 0.717) is 11.6 Å². The maximum atomic E-state index is 12.5. The number of carbonyl (C=O) groups excluding carboxylic acids is 1. The van der Waals surface area contributed by atoms with Crippen LogP contribution in [0.25, 0.3) is 10.2 Å². The predicted octanol–water partition coefficient (Wildman–Crippen LogP) is 4.34. The lowest BCUT2D eigenvalue weighted by Crippen LogP contribution is -2.37. The van der Waals surface area contributed by atoms with Crippen LogP contribution in [0.1, 0.15) is 34.5 Å². The second-order valence-corrected chi connectivity index (χ2v) is 7.47. The number of hydrogen-bond acceptors (Lipinski definition) is 2. The van der Waals surface area contributed by atoms with Gasteiger partial charge in [0.2, 0.25) is 0 Å². The van der Waals surface area contributed by atoms with Gasteiger partial charge in [0.1, 0.15) is 10.5 Å². The van der Waals surface area contributed by atoms with E-state index >= 15 is 0 Å². The van der Waals surface area contributed by atoms with Gasteiger partial charge in [-0.2, -0.15) is 0 Å². The average molecular weight is 331 g/mol. The number of H-pyrrole nitrogens is 1. The largest absolute Gasteiger partial charge is 0.347 e. The topological polar surface area (TPSA) is 44.9 Å². The molecule has 0 saturated carbocycles. The second kappa shape index (κ2) is 5.14. The molecule has 0 bridgehead atoms. The molecule has 1 amide bonds. The minimum atomic E-state index is -0.0517. The number of fused-ring (bicyclic) bond motifs is 2. The van der Waals surface area contributed by atoms with E-state index in [2.05, 4.69) is 41.5 Å². The summed E-state index contributed by atoms with van der Waals surface area (Å²) >= 11 is 7.42. The SMILES string of the molecule is C[C@@H]1c2ccccc2C[C@H]1NC(=O)c1cc2cc(Cl)sc2[nH]1. The van der Waals surface area contributed by atoms with Gasteiger partial charge in [0.05, 0.1) is 4.34 Å². The Kier molecular flexibility index (Phi) is 3.24. The maximum absolute atomic E-state index is 12.5. The molecule has 112 valence electrons. The van der Waals surface area contributed by atoms with Gasteiger partial charge in [0, 0.05) is 17.3 Å². The van der Waals surface area contributed by atoms with Gasteiger partial charge in [-0.25, -0.2) is 0 Å². The average Bonchev–Trinajstić information content (AvgIpc) is 3.12. The van der Waals surface area contributed by atoms with E-state index in [1.54, 1.807) is 0 Å². The molecule has 2 atom stereocenters. The van der Waals surface area contributed by atoms with E-state index in [-0.39, 0.29) is 11.9 Å². The van der Waals surface area contributed by atoms with Crippen molar-refractivity contribution < 1.29 is 4.79 Å². The number of aromatic nitrogens is 1. The third kappa shape index (κ3) is 2.23. The van der Waals surface area contributed by atoms with Gasteiger partial charge >= 0.3 is 0 Å². The third-order valence-corrected chi connectivity index (χ3v) is 5.62. The molecular weight excluding hydrogens is 316 g/mol. The second-order valence-electron chi connectivity index (χ2n) is 5.79. The smallest absolute Gasteiger partial charge is 0.267 e. The van der Waals surface area contributed by atoms with Crippen LogP contribution >= 0.6 is 22.9 Å². The van der Waals surface area contributed by atoms with Crippen molar-refractivity contribution in [2.75, 3.05) is 0 Å². The molecule has 3 aromatic rings. The Morgan fingerprint density at radius 1 is 1.36 bits per heavy atom. The lowest BCUT2D eigenvalue weighted by atomic mass is 10.0. The molecule has 3 nitrogen and oxygen atoms in total. The molecular formula is C17H15ClN2OS. The first-order chi connectivity index (χ1) is 10.6. The number of amides is 1. The van der Waals surface area contributed by atoms with Crippen molar-refractivity contribution in [3.8, 4) is 0 Å². The first-order valence-electron chi connectivity index (χ1n) is 7.28. The van der Waals surface area contributed by atoms with Crippen molar-refractivity contribution in [3.63, 3.8) is 0 Å².